The quantitative estimate of drug-likeness (QED) is 0.435. The van der Waals surface area contributed by atoms with Gasteiger partial charge in [0.25, 0.3) is 5.91 Å². The number of benzene rings is 2. The average Bonchev–Trinajstić information content (AvgIpc) is 3.19. The fourth-order valence-corrected chi connectivity index (χ4v) is 3.69. The van der Waals surface area contributed by atoms with Crippen molar-refractivity contribution < 1.29 is 14.0 Å². The van der Waals surface area contributed by atoms with E-state index in [1.54, 1.807) is 28.5 Å². The molecule has 2 N–H and O–H groups in total. The highest BCUT2D eigenvalue weighted by Crippen LogP contribution is 2.25. The Morgan fingerprint density at radius 1 is 1.06 bits per heavy atom. The van der Waals surface area contributed by atoms with Crippen LogP contribution < -0.4 is 10.6 Å². The number of urea groups is 1. The van der Waals surface area contributed by atoms with Crippen molar-refractivity contribution >= 4 is 57.9 Å². The zero-order valence-electron chi connectivity index (χ0n) is 16.7. The Morgan fingerprint density at radius 3 is 2.39 bits per heavy atom. The Kier molecular flexibility index (Phi) is 7.48. The number of carbonyl (C=O) groups excluding carboxylic acids is 2. The normalized spacial score (nSPS) is 10.8. The monoisotopic (exact) mass is 480 g/mol. The number of carbonyl (C=O) groups is 2. The number of rotatable bonds is 6. The molecule has 2 aromatic carbocycles. The minimum Gasteiger partial charge on any atom is -0.321 e. The number of halogens is 3. The standard InChI is InChI=1S/C21H19Cl2FN4O2S/c1-12(2)28(21(30)26-15-7-8-16(22)17(23)9-15)10-19-27-18(11-31-19)20(29)25-14-5-3-13(24)4-6-14/h3-9,11-12H,10H2,1-2H3,(H,25,29)(H,26,30). The van der Waals surface area contributed by atoms with Gasteiger partial charge in [-0.15, -0.1) is 11.3 Å². The van der Waals surface area contributed by atoms with Crippen molar-refractivity contribution in [2.24, 2.45) is 0 Å². The van der Waals surface area contributed by atoms with Crippen LogP contribution in [0.2, 0.25) is 10.0 Å². The van der Waals surface area contributed by atoms with E-state index in [-0.39, 0.29) is 30.1 Å². The molecule has 1 aromatic heterocycles. The van der Waals surface area contributed by atoms with E-state index >= 15 is 0 Å². The lowest BCUT2D eigenvalue weighted by Gasteiger charge is -2.26. The zero-order valence-corrected chi connectivity index (χ0v) is 19.0. The van der Waals surface area contributed by atoms with Gasteiger partial charge >= 0.3 is 6.03 Å². The molecular weight excluding hydrogens is 462 g/mol. The number of anilines is 2. The lowest BCUT2D eigenvalue weighted by Crippen LogP contribution is -2.39. The molecule has 3 aromatic rings. The molecule has 0 radical (unpaired) electrons. The summed E-state index contributed by atoms with van der Waals surface area (Å²) in [6.07, 6.45) is 0. The average molecular weight is 481 g/mol. The summed E-state index contributed by atoms with van der Waals surface area (Å²) in [5.74, 6) is -0.799. The van der Waals surface area contributed by atoms with E-state index in [1.807, 2.05) is 13.8 Å². The van der Waals surface area contributed by atoms with Crippen LogP contribution in [0.1, 0.15) is 29.3 Å². The molecule has 3 amide bonds. The summed E-state index contributed by atoms with van der Waals surface area (Å²) >= 11 is 13.2. The summed E-state index contributed by atoms with van der Waals surface area (Å²) in [6.45, 7) is 3.98. The SMILES string of the molecule is CC(C)N(Cc1nc(C(=O)Nc2ccc(F)cc2)cs1)C(=O)Nc1ccc(Cl)c(Cl)c1. The first-order chi connectivity index (χ1) is 14.7. The number of nitrogens with one attached hydrogen (secondary N) is 2. The van der Waals surface area contributed by atoms with Crippen molar-refractivity contribution in [1.29, 1.82) is 0 Å². The number of amides is 3. The first-order valence-corrected chi connectivity index (χ1v) is 10.9. The number of hydrogen-bond donors (Lipinski definition) is 2. The van der Waals surface area contributed by atoms with Crippen LogP contribution >= 0.6 is 34.5 Å². The summed E-state index contributed by atoms with van der Waals surface area (Å²) in [7, 11) is 0. The lowest BCUT2D eigenvalue weighted by atomic mass is 10.3. The smallest absolute Gasteiger partial charge is 0.321 e. The van der Waals surface area contributed by atoms with Crippen molar-refractivity contribution in [2.75, 3.05) is 10.6 Å². The molecule has 31 heavy (non-hydrogen) atoms. The molecule has 1 heterocycles. The van der Waals surface area contributed by atoms with E-state index in [2.05, 4.69) is 15.6 Å². The predicted octanol–water partition coefficient (Wildman–Crippen LogP) is 6.28. The molecule has 0 unspecified atom stereocenters. The van der Waals surface area contributed by atoms with Gasteiger partial charge in [-0.1, -0.05) is 23.2 Å². The molecule has 10 heteroatoms. The molecule has 0 spiro atoms. The molecule has 0 aliphatic carbocycles. The lowest BCUT2D eigenvalue weighted by molar-refractivity contribution is 0.102. The minimum atomic E-state index is -0.412. The third kappa shape index (κ3) is 6.16. The third-order valence-electron chi connectivity index (χ3n) is 4.25. The predicted molar refractivity (Wildman–Crippen MR) is 123 cm³/mol. The van der Waals surface area contributed by atoms with Crippen molar-refractivity contribution in [3.63, 3.8) is 0 Å². The highest BCUT2D eigenvalue weighted by Gasteiger charge is 2.20. The maximum Gasteiger partial charge on any atom is 0.322 e. The van der Waals surface area contributed by atoms with Crippen LogP contribution in [0.15, 0.2) is 47.8 Å². The van der Waals surface area contributed by atoms with Gasteiger partial charge in [-0.3, -0.25) is 4.79 Å². The van der Waals surface area contributed by atoms with Gasteiger partial charge in [-0.2, -0.15) is 0 Å². The van der Waals surface area contributed by atoms with Gasteiger partial charge in [-0.25, -0.2) is 14.2 Å². The van der Waals surface area contributed by atoms with Gasteiger partial charge < -0.3 is 15.5 Å². The van der Waals surface area contributed by atoms with Crippen molar-refractivity contribution in [2.45, 2.75) is 26.4 Å². The maximum atomic E-state index is 13.0. The zero-order chi connectivity index (χ0) is 22.5. The number of hydrogen-bond acceptors (Lipinski definition) is 4. The largest absolute Gasteiger partial charge is 0.322 e. The highest BCUT2D eigenvalue weighted by atomic mass is 35.5. The summed E-state index contributed by atoms with van der Waals surface area (Å²) in [4.78, 5) is 31.1. The van der Waals surface area contributed by atoms with Gasteiger partial charge in [0, 0.05) is 22.8 Å². The topological polar surface area (TPSA) is 74.3 Å². The Balaban J connectivity index is 1.66. The summed E-state index contributed by atoms with van der Waals surface area (Å²) < 4.78 is 13.0. The molecule has 0 saturated heterocycles. The van der Waals surface area contributed by atoms with Crippen LogP contribution in [0, 0.1) is 5.82 Å². The number of nitrogens with zero attached hydrogens (tertiary/aromatic N) is 2. The fourth-order valence-electron chi connectivity index (χ4n) is 2.62. The van der Waals surface area contributed by atoms with Gasteiger partial charge in [-0.05, 0) is 56.3 Å². The molecule has 6 nitrogen and oxygen atoms in total. The fraction of sp³-hybridized carbons (Fsp3) is 0.190. The Labute approximate surface area is 193 Å². The van der Waals surface area contributed by atoms with Crippen LogP contribution in [0.25, 0.3) is 0 Å². The Bertz CT molecular complexity index is 1090. The molecule has 0 aliphatic rings. The van der Waals surface area contributed by atoms with Crippen molar-refractivity contribution in [3.8, 4) is 0 Å². The molecular formula is C21H19Cl2FN4O2S. The van der Waals surface area contributed by atoms with Crippen LogP contribution in [-0.4, -0.2) is 27.9 Å². The van der Waals surface area contributed by atoms with Crippen LogP contribution in [0.4, 0.5) is 20.6 Å². The summed E-state index contributed by atoms with van der Waals surface area (Å²) in [6, 6.07) is 9.83. The van der Waals surface area contributed by atoms with Crippen LogP contribution in [-0.2, 0) is 6.54 Å². The van der Waals surface area contributed by atoms with Crippen molar-refractivity contribution in [1.82, 2.24) is 9.88 Å². The van der Waals surface area contributed by atoms with E-state index < -0.39 is 5.91 Å². The van der Waals surface area contributed by atoms with Gasteiger partial charge in [0.15, 0.2) is 0 Å². The molecule has 3 rings (SSSR count). The van der Waals surface area contributed by atoms with E-state index in [0.717, 1.165) is 0 Å². The second-order valence-corrected chi connectivity index (χ2v) is 8.63. The van der Waals surface area contributed by atoms with E-state index in [9.17, 15) is 14.0 Å². The first-order valence-electron chi connectivity index (χ1n) is 9.27. The van der Waals surface area contributed by atoms with Crippen molar-refractivity contribution in [3.05, 3.63) is 74.4 Å². The van der Waals surface area contributed by atoms with Crippen LogP contribution in [0.3, 0.4) is 0 Å². The molecule has 162 valence electrons. The maximum absolute atomic E-state index is 13.0. The highest BCUT2D eigenvalue weighted by molar-refractivity contribution is 7.09. The summed E-state index contributed by atoms with van der Waals surface area (Å²) in [5, 5.41) is 8.40. The molecule has 0 saturated carbocycles. The minimum absolute atomic E-state index is 0.122. The molecule has 0 atom stereocenters. The van der Waals surface area contributed by atoms with E-state index in [1.165, 1.54) is 35.6 Å². The van der Waals surface area contributed by atoms with Gasteiger partial charge in [0.2, 0.25) is 0 Å². The van der Waals surface area contributed by atoms with Gasteiger partial charge in [0.1, 0.15) is 16.5 Å². The second-order valence-electron chi connectivity index (χ2n) is 6.87. The van der Waals surface area contributed by atoms with E-state index in [4.69, 9.17) is 23.2 Å². The van der Waals surface area contributed by atoms with Gasteiger partial charge in [0.05, 0.1) is 16.6 Å². The van der Waals surface area contributed by atoms with Crippen LogP contribution in [0.5, 0.6) is 0 Å². The second kappa shape index (κ2) is 10.1. The number of aromatic nitrogens is 1. The Hall–Kier alpha value is -2.68. The number of thiazole rings is 1. The first kappa shape index (κ1) is 23.0. The third-order valence-corrected chi connectivity index (χ3v) is 5.82. The molecule has 0 bridgehead atoms. The Morgan fingerprint density at radius 2 is 1.74 bits per heavy atom. The molecule has 0 fully saturated rings. The molecule has 0 aliphatic heterocycles. The summed E-state index contributed by atoms with van der Waals surface area (Å²) in [5.41, 5.74) is 1.20. The van der Waals surface area contributed by atoms with E-state index in [0.29, 0.717) is 26.4 Å².